The van der Waals surface area contributed by atoms with E-state index in [-0.39, 0.29) is 23.3 Å². The van der Waals surface area contributed by atoms with Crippen LogP contribution in [0.5, 0.6) is 0 Å². The van der Waals surface area contributed by atoms with Crippen molar-refractivity contribution in [2.45, 2.75) is 24.8 Å². The Balaban J connectivity index is 0.00000144. The highest BCUT2D eigenvalue weighted by molar-refractivity contribution is 6.30. The van der Waals surface area contributed by atoms with Gasteiger partial charge in [-0.2, -0.15) is 0 Å². The maximum Gasteiger partial charge on any atom is 0.244 e. The molecule has 1 saturated carbocycles. The molecule has 1 fully saturated rings. The Bertz CT molecular complexity index is 435. The first-order valence-electron chi connectivity index (χ1n) is 5.07. The molecule has 94 valence electrons. The number of amides is 1. The van der Waals surface area contributed by atoms with E-state index in [1.807, 2.05) is 0 Å². The highest BCUT2D eigenvalue weighted by Gasteiger charge is 2.40. The summed E-state index contributed by atoms with van der Waals surface area (Å²) in [6.45, 7) is 0. The van der Waals surface area contributed by atoms with E-state index in [4.69, 9.17) is 17.3 Å². The summed E-state index contributed by atoms with van der Waals surface area (Å²) < 4.78 is 13.1. The van der Waals surface area contributed by atoms with Crippen molar-refractivity contribution in [2.24, 2.45) is 5.73 Å². The van der Waals surface area contributed by atoms with Crippen molar-refractivity contribution in [3.05, 3.63) is 29.0 Å². The third-order valence-electron chi connectivity index (χ3n) is 2.88. The van der Waals surface area contributed by atoms with Gasteiger partial charge in [-0.05, 0) is 37.5 Å². The highest BCUT2D eigenvalue weighted by atomic mass is 35.5. The van der Waals surface area contributed by atoms with E-state index in [1.54, 1.807) is 6.07 Å². The fraction of sp³-hybridized carbons (Fsp3) is 0.364. The Morgan fingerprint density at radius 1 is 1.47 bits per heavy atom. The summed E-state index contributed by atoms with van der Waals surface area (Å²) in [6, 6.07) is 4.13. The Morgan fingerprint density at radius 3 is 2.59 bits per heavy atom. The highest BCUT2D eigenvalue weighted by Crippen LogP contribution is 2.30. The van der Waals surface area contributed by atoms with Crippen molar-refractivity contribution in [1.29, 1.82) is 0 Å². The van der Waals surface area contributed by atoms with Crippen LogP contribution in [0.3, 0.4) is 0 Å². The quantitative estimate of drug-likeness (QED) is 0.874. The molecule has 0 spiro atoms. The van der Waals surface area contributed by atoms with Crippen molar-refractivity contribution < 1.29 is 9.18 Å². The van der Waals surface area contributed by atoms with Crippen LogP contribution in [0.4, 0.5) is 10.1 Å². The minimum absolute atomic E-state index is 0. The first kappa shape index (κ1) is 14.2. The van der Waals surface area contributed by atoms with Crippen molar-refractivity contribution >= 4 is 35.6 Å². The molecule has 0 radical (unpaired) electrons. The zero-order chi connectivity index (χ0) is 11.8. The summed E-state index contributed by atoms with van der Waals surface area (Å²) in [7, 11) is 0. The molecular weight excluding hydrogens is 266 g/mol. The van der Waals surface area contributed by atoms with E-state index >= 15 is 0 Å². The lowest BCUT2D eigenvalue weighted by Gasteiger charge is -2.36. The number of hydrogen-bond acceptors (Lipinski definition) is 2. The maximum absolute atomic E-state index is 13.1. The second kappa shape index (κ2) is 5.21. The second-order valence-corrected chi connectivity index (χ2v) is 4.50. The summed E-state index contributed by atoms with van der Waals surface area (Å²) in [4.78, 5) is 11.7. The van der Waals surface area contributed by atoms with Gasteiger partial charge in [0.1, 0.15) is 5.82 Å². The minimum Gasteiger partial charge on any atom is -0.324 e. The van der Waals surface area contributed by atoms with Crippen molar-refractivity contribution in [2.75, 3.05) is 5.32 Å². The molecule has 3 N–H and O–H groups in total. The van der Waals surface area contributed by atoms with E-state index < -0.39 is 11.4 Å². The predicted octanol–water partition coefficient (Wildman–Crippen LogP) is 2.72. The van der Waals surface area contributed by atoms with Gasteiger partial charge < -0.3 is 11.1 Å². The van der Waals surface area contributed by atoms with Gasteiger partial charge in [0.05, 0.1) is 10.6 Å². The minimum atomic E-state index is -0.782. The van der Waals surface area contributed by atoms with Gasteiger partial charge >= 0.3 is 0 Å². The number of nitrogens with one attached hydrogen (secondary N) is 1. The maximum atomic E-state index is 13.1. The first-order chi connectivity index (χ1) is 7.51. The molecule has 0 bridgehead atoms. The molecule has 0 heterocycles. The molecule has 0 atom stereocenters. The number of carbonyl (C=O) groups excluding carboxylic acids is 1. The van der Waals surface area contributed by atoms with E-state index in [0.717, 1.165) is 6.42 Å². The van der Waals surface area contributed by atoms with Gasteiger partial charge in [0.2, 0.25) is 5.91 Å². The summed E-state index contributed by atoms with van der Waals surface area (Å²) in [5.74, 6) is -0.820. The van der Waals surface area contributed by atoms with Gasteiger partial charge in [-0.15, -0.1) is 12.4 Å². The molecule has 0 unspecified atom stereocenters. The standard InChI is InChI=1S/C11H12ClFN2O.ClH/c12-8-3-2-7(6-9(8)13)15-10(16)11(14)4-1-5-11;/h2-3,6H,1,4-5,14H2,(H,15,16);1H. The summed E-state index contributed by atoms with van der Waals surface area (Å²) >= 11 is 5.53. The number of nitrogens with two attached hydrogens (primary N) is 1. The summed E-state index contributed by atoms with van der Waals surface area (Å²) in [6.07, 6.45) is 2.31. The summed E-state index contributed by atoms with van der Waals surface area (Å²) in [5, 5.41) is 2.62. The Hall–Kier alpha value is -0.840. The van der Waals surface area contributed by atoms with Gasteiger partial charge in [-0.1, -0.05) is 11.6 Å². The van der Waals surface area contributed by atoms with E-state index in [1.165, 1.54) is 12.1 Å². The molecule has 0 aromatic heterocycles. The Labute approximate surface area is 110 Å². The van der Waals surface area contributed by atoms with Crippen molar-refractivity contribution in [1.82, 2.24) is 0 Å². The van der Waals surface area contributed by atoms with Crippen LogP contribution in [-0.2, 0) is 4.79 Å². The lowest BCUT2D eigenvalue weighted by atomic mass is 9.77. The number of rotatable bonds is 2. The number of carbonyl (C=O) groups is 1. The number of benzene rings is 1. The van der Waals surface area contributed by atoms with Crippen LogP contribution in [0.15, 0.2) is 18.2 Å². The zero-order valence-electron chi connectivity index (χ0n) is 9.00. The molecule has 1 aromatic rings. The average molecular weight is 279 g/mol. The Morgan fingerprint density at radius 2 is 2.12 bits per heavy atom. The molecule has 1 amide bonds. The molecule has 17 heavy (non-hydrogen) atoms. The number of hydrogen-bond donors (Lipinski definition) is 2. The molecule has 2 rings (SSSR count). The lowest BCUT2D eigenvalue weighted by Crippen LogP contribution is -2.56. The van der Waals surface area contributed by atoms with Crippen LogP contribution in [0, 0.1) is 5.82 Å². The van der Waals surface area contributed by atoms with Gasteiger partial charge in [-0.25, -0.2) is 4.39 Å². The Kier molecular flexibility index (Phi) is 4.36. The number of anilines is 1. The molecular formula is C11H13Cl2FN2O. The third-order valence-corrected chi connectivity index (χ3v) is 3.18. The van der Waals surface area contributed by atoms with Gasteiger partial charge in [0.25, 0.3) is 0 Å². The number of halogens is 3. The summed E-state index contributed by atoms with van der Waals surface area (Å²) in [5.41, 5.74) is 5.43. The second-order valence-electron chi connectivity index (χ2n) is 4.09. The molecule has 6 heteroatoms. The average Bonchev–Trinajstić information content (AvgIpc) is 2.20. The normalized spacial score (nSPS) is 16.6. The van der Waals surface area contributed by atoms with Crippen LogP contribution in [0.1, 0.15) is 19.3 Å². The van der Waals surface area contributed by atoms with Crippen LogP contribution < -0.4 is 11.1 Å². The fourth-order valence-corrected chi connectivity index (χ4v) is 1.73. The van der Waals surface area contributed by atoms with Gasteiger partial charge in [0.15, 0.2) is 0 Å². The van der Waals surface area contributed by atoms with Crippen LogP contribution in [0.25, 0.3) is 0 Å². The smallest absolute Gasteiger partial charge is 0.244 e. The SMILES string of the molecule is Cl.NC1(C(=O)Nc2ccc(Cl)c(F)c2)CCC1. The van der Waals surface area contributed by atoms with E-state index in [0.29, 0.717) is 18.5 Å². The monoisotopic (exact) mass is 278 g/mol. The molecule has 0 saturated heterocycles. The lowest BCUT2D eigenvalue weighted by molar-refractivity contribution is -0.123. The molecule has 1 aliphatic carbocycles. The molecule has 0 aliphatic heterocycles. The van der Waals surface area contributed by atoms with Crippen LogP contribution in [0.2, 0.25) is 5.02 Å². The largest absolute Gasteiger partial charge is 0.324 e. The van der Waals surface area contributed by atoms with Crippen LogP contribution >= 0.6 is 24.0 Å². The molecule has 1 aromatic carbocycles. The van der Waals surface area contributed by atoms with Gasteiger partial charge in [0, 0.05) is 5.69 Å². The van der Waals surface area contributed by atoms with E-state index in [9.17, 15) is 9.18 Å². The fourth-order valence-electron chi connectivity index (χ4n) is 1.61. The molecule has 1 aliphatic rings. The van der Waals surface area contributed by atoms with Crippen LogP contribution in [-0.4, -0.2) is 11.4 Å². The third kappa shape index (κ3) is 2.89. The van der Waals surface area contributed by atoms with Crippen molar-refractivity contribution in [3.63, 3.8) is 0 Å². The van der Waals surface area contributed by atoms with Gasteiger partial charge in [-0.3, -0.25) is 4.79 Å². The van der Waals surface area contributed by atoms with Crippen molar-refractivity contribution in [3.8, 4) is 0 Å². The first-order valence-corrected chi connectivity index (χ1v) is 5.44. The topological polar surface area (TPSA) is 55.1 Å². The zero-order valence-corrected chi connectivity index (χ0v) is 10.6. The molecule has 3 nitrogen and oxygen atoms in total. The van der Waals surface area contributed by atoms with E-state index in [2.05, 4.69) is 5.32 Å². The predicted molar refractivity (Wildman–Crippen MR) is 68.1 cm³/mol.